The van der Waals surface area contributed by atoms with Crippen molar-refractivity contribution in [1.29, 1.82) is 0 Å². The fraction of sp³-hybridized carbons (Fsp3) is 0.125. The molecule has 0 fully saturated rings. The molecule has 4 rings (SSSR count). The van der Waals surface area contributed by atoms with Crippen LogP contribution in [0.3, 0.4) is 0 Å². The highest BCUT2D eigenvalue weighted by molar-refractivity contribution is 7.07. The van der Waals surface area contributed by atoms with Crippen LogP contribution in [0, 0.1) is 0 Å². The molecule has 0 amide bonds. The molecule has 34 heavy (non-hydrogen) atoms. The maximum absolute atomic E-state index is 13.7. The Labute approximate surface area is 207 Å². The van der Waals surface area contributed by atoms with E-state index >= 15 is 0 Å². The van der Waals surface area contributed by atoms with Crippen molar-refractivity contribution in [2.24, 2.45) is 5.73 Å². The third-order valence-corrected chi connectivity index (χ3v) is 6.92. The van der Waals surface area contributed by atoms with E-state index in [1.165, 1.54) is 18.8 Å². The highest BCUT2D eigenvalue weighted by Crippen LogP contribution is 2.32. The minimum absolute atomic E-state index is 0.0457. The number of fused-ring (bicyclic) bond motifs is 1. The number of hydrogen-bond acceptors (Lipinski definition) is 7. The lowest BCUT2D eigenvalue weighted by Gasteiger charge is -2.27. The monoisotopic (exact) mass is 516 g/mol. The van der Waals surface area contributed by atoms with Gasteiger partial charge < -0.3 is 15.2 Å². The van der Waals surface area contributed by atoms with E-state index in [0.29, 0.717) is 20.1 Å². The first-order chi connectivity index (χ1) is 16.3. The Morgan fingerprint density at radius 2 is 1.53 bits per heavy atom. The third-order valence-electron chi connectivity index (χ3n) is 5.31. The number of hydrogen-bond donors (Lipinski definition) is 1. The number of carbonyl (C=O) groups is 2. The van der Waals surface area contributed by atoms with Gasteiger partial charge in [-0.05, 0) is 41.5 Å². The number of aromatic nitrogens is 1. The molecule has 0 saturated heterocycles. The van der Waals surface area contributed by atoms with Crippen molar-refractivity contribution >= 4 is 58.1 Å². The summed E-state index contributed by atoms with van der Waals surface area (Å²) < 4.78 is 11.8. The van der Waals surface area contributed by atoms with Gasteiger partial charge in [0.2, 0.25) is 0 Å². The molecule has 0 saturated carbocycles. The lowest BCUT2D eigenvalue weighted by atomic mass is 9.92. The molecule has 1 aromatic heterocycles. The molecule has 0 spiro atoms. The van der Waals surface area contributed by atoms with E-state index in [-0.39, 0.29) is 21.5 Å². The van der Waals surface area contributed by atoms with Crippen LogP contribution in [0.4, 0.5) is 0 Å². The lowest BCUT2D eigenvalue weighted by Crippen LogP contribution is -2.43. The maximum Gasteiger partial charge on any atom is 0.342 e. The lowest BCUT2D eigenvalue weighted by molar-refractivity contribution is -0.136. The minimum Gasteiger partial charge on any atom is -0.466 e. The van der Waals surface area contributed by atoms with Gasteiger partial charge in [0, 0.05) is 10.0 Å². The van der Waals surface area contributed by atoms with Gasteiger partial charge in [-0.1, -0.05) is 47.5 Å². The number of rotatable bonds is 4. The Morgan fingerprint density at radius 3 is 2.09 bits per heavy atom. The number of carbonyl (C=O) groups excluding carboxylic acids is 2. The first kappa shape index (κ1) is 23.8. The second kappa shape index (κ2) is 9.50. The van der Waals surface area contributed by atoms with Gasteiger partial charge in [-0.3, -0.25) is 9.36 Å². The molecule has 2 aromatic carbocycles. The summed E-state index contributed by atoms with van der Waals surface area (Å²) in [5.41, 5.74) is 7.01. The van der Waals surface area contributed by atoms with Crippen molar-refractivity contribution in [3.8, 4) is 0 Å². The summed E-state index contributed by atoms with van der Waals surface area (Å²) in [4.78, 5) is 39.2. The van der Waals surface area contributed by atoms with Crippen LogP contribution in [0.15, 0.2) is 64.6 Å². The summed E-state index contributed by atoms with van der Waals surface area (Å²) in [7, 11) is 2.40. The van der Waals surface area contributed by atoms with Crippen molar-refractivity contribution in [2.45, 2.75) is 6.04 Å². The maximum atomic E-state index is 13.7. The molecule has 2 N–H and O–H groups in total. The van der Waals surface area contributed by atoms with E-state index in [1.807, 2.05) is 0 Å². The number of thiazole rings is 1. The Morgan fingerprint density at radius 1 is 0.971 bits per heavy atom. The van der Waals surface area contributed by atoms with Gasteiger partial charge in [0.25, 0.3) is 5.56 Å². The van der Waals surface area contributed by atoms with E-state index in [1.54, 1.807) is 54.6 Å². The fourth-order valence-corrected chi connectivity index (χ4v) is 5.16. The average molecular weight is 517 g/mol. The van der Waals surface area contributed by atoms with Gasteiger partial charge in [-0.25, -0.2) is 9.59 Å². The quantitative estimate of drug-likeness (QED) is 0.534. The molecule has 1 aliphatic rings. The molecular weight excluding hydrogens is 499 g/mol. The standard InChI is InChI=1S/C24H18Cl2N2O5S/c1-32-23(30)17-19(27)18(24(31)33-2)22-28(20(17)13-5-9-15(26)10-6-13)21(29)16(34-22)11-12-3-7-14(25)8-4-12/h3-11,20H,27H2,1-2H3/b16-11+/t20-/m0/s1. The van der Waals surface area contributed by atoms with Crippen molar-refractivity contribution in [3.05, 3.63) is 101 Å². The van der Waals surface area contributed by atoms with Gasteiger partial charge in [-0.2, -0.15) is 0 Å². The largest absolute Gasteiger partial charge is 0.466 e. The highest BCUT2D eigenvalue weighted by atomic mass is 35.5. The normalized spacial score (nSPS) is 15.8. The molecule has 10 heteroatoms. The van der Waals surface area contributed by atoms with E-state index in [2.05, 4.69) is 0 Å². The molecule has 7 nitrogen and oxygen atoms in total. The molecule has 0 radical (unpaired) electrons. The van der Waals surface area contributed by atoms with E-state index in [4.69, 9.17) is 38.4 Å². The topological polar surface area (TPSA) is 101 Å². The molecule has 1 atom stereocenters. The first-order valence-electron chi connectivity index (χ1n) is 9.91. The van der Waals surface area contributed by atoms with Crippen molar-refractivity contribution in [1.82, 2.24) is 4.57 Å². The van der Waals surface area contributed by atoms with Crippen molar-refractivity contribution in [3.63, 3.8) is 0 Å². The molecule has 0 aliphatic carbocycles. The summed E-state index contributed by atoms with van der Waals surface area (Å²) in [6.45, 7) is 0. The second-order valence-corrected chi connectivity index (χ2v) is 9.19. The van der Waals surface area contributed by atoms with Crippen molar-refractivity contribution < 1.29 is 19.1 Å². The minimum atomic E-state index is -0.941. The van der Waals surface area contributed by atoms with E-state index < -0.39 is 23.5 Å². The van der Waals surface area contributed by atoms with Gasteiger partial charge in [0.05, 0.1) is 36.1 Å². The van der Waals surface area contributed by atoms with E-state index in [9.17, 15) is 14.4 Å². The van der Waals surface area contributed by atoms with Gasteiger partial charge >= 0.3 is 11.9 Å². The molecule has 0 bridgehead atoms. The molecule has 3 aromatic rings. The Hall–Kier alpha value is -3.33. The summed E-state index contributed by atoms with van der Waals surface area (Å²) in [5.74, 6) is -1.55. The van der Waals surface area contributed by atoms with Gasteiger partial charge in [0.15, 0.2) is 0 Å². The zero-order valence-corrected chi connectivity index (χ0v) is 20.3. The number of nitrogens with two attached hydrogens (primary N) is 1. The van der Waals surface area contributed by atoms with Crippen LogP contribution in [0.5, 0.6) is 0 Å². The van der Waals surface area contributed by atoms with E-state index in [0.717, 1.165) is 16.9 Å². The average Bonchev–Trinajstić information content (AvgIpc) is 3.14. The predicted octanol–water partition coefficient (Wildman–Crippen LogP) is 2.36. The molecule has 174 valence electrons. The SMILES string of the molecule is COC(=O)C1=C(N)C(C(=O)OC)=c2s/c(=C/c3ccc(Cl)cc3)c(=O)n2[C@H]1c1ccc(Cl)cc1. The molecule has 2 heterocycles. The van der Waals surface area contributed by atoms with Crippen LogP contribution in [0.2, 0.25) is 10.0 Å². The number of ether oxygens (including phenoxy) is 2. The molecule has 1 aliphatic heterocycles. The zero-order valence-electron chi connectivity index (χ0n) is 18.0. The van der Waals surface area contributed by atoms with Crippen LogP contribution in [-0.4, -0.2) is 30.7 Å². The van der Waals surface area contributed by atoms with Crippen LogP contribution >= 0.6 is 34.5 Å². The Kier molecular flexibility index (Phi) is 6.65. The summed E-state index contributed by atoms with van der Waals surface area (Å²) in [6.07, 6.45) is 1.68. The van der Waals surface area contributed by atoms with Crippen molar-refractivity contribution in [2.75, 3.05) is 14.2 Å². The molecule has 0 unspecified atom stereocenters. The number of esters is 2. The smallest absolute Gasteiger partial charge is 0.342 e. The highest BCUT2D eigenvalue weighted by Gasteiger charge is 2.37. The number of benzene rings is 2. The van der Waals surface area contributed by atoms with Gasteiger partial charge in [0.1, 0.15) is 10.2 Å². The Balaban J connectivity index is 2.11. The summed E-state index contributed by atoms with van der Waals surface area (Å²) in [6, 6.07) is 12.6. The number of methoxy groups -OCH3 is 2. The van der Waals surface area contributed by atoms with Crippen LogP contribution < -0.4 is 20.5 Å². The number of halogens is 2. The fourth-order valence-electron chi connectivity index (χ4n) is 3.73. The predicted molar refractivity (Wildman–Crippen MR) is 131 cm³/mol. The first-order valence-corrected chi connectivity index (χ1v) is 11.5. The molecular formula is C24H18Cl2N2O5S. The van der Waals surface area contributed by atoms with Crippen LogP contribution in [0.1, 0.15) is 17.2 Å². The summed E-state index contributed by atoms with van der Waals surface area (Å²) >= 11 is 13.1. The number of nitrogens with zero attached hydrogens (tertiary/aromatic N) is 1. The van der Waals surface area contributed by atoms with Crippen LogP contribution in [0.25, 0.3) is 11.6 Å². The second-order valence-electron chi connectivity index (χ2n) is 7.28. The van der Waals surface area contributed by atoms with Gasteiger partial charge in [-0.15, -0.1) is 11.3 Å². The zero-order chi connectivity index (χ0) is 24.6. The Bertz CT molecular complexity index is 1500. The third kappa shape index (κ3) is 4.16. The van der Waals surface area contributed by atoms with Crippen LogP contribution in [-0.2, 0) is 19.1 Å². The summed E-state index contributed by atoms with van der Waals surface area (Å²) in [5, 5.41) is 1.04.